The second kappa shape index (κ2) is 6.93. The van der Waals surface area contributed by atoms with Gasteiger partial charge in [-0.2, -0.15) is 5.26 Å². The Bertz CT molecular complexity index is 490. The molecule has 1 aromatic rings. The first-order valence-corrected chi connectivity index (χ1v) is 7.58. The van der Waals surface area contributed by atoms with E-state index in [1.54, 1.807) is 12.1 Å². The number of nitriles is 1. The van der Waals surface area contributed by atoms with E-state index in [4.69, 9.17) is 10.00 Å². The Balaban J connectivity index is 1.69. The highest BCUT2D eigenvalue weighted by molar-refractivity contribution is 5.34. The Morgan fingerprint density at radius 1 is 1.24 bits per heavy atom. The van der Waals surface area contributed by atoms with E-state index in [1.807, 2.05) is 12.1 Å². The fraction of sp³-hybridized carbons (Fsp3) is 0.588. The highest BCUT2D eigenvalue weighted by atomic mass is 16.5. The van der Waals surface area contributed by atoms with E-state index in [9.17, 15) is 0 Å². The van der Waals surface area contributed by atoms with Gasteiger partial charge in [0.1, 0.15) is 5.75 Å². The summed E-state index contributed by atoms with van der Waals surface area (Å²) in [6, 6.07) is 9.41. The zero-order chi connectivity index (χ0) is 15.3. The molecule has 1 heterocycles. The normalized spacial score (nSPS) is 19.1. The molecule has 1 saturated heterocycles. The van der Waals surface area contributed by atoms with Crippen LogP contribution < -0.4 is 4.74 Å². The molecule has 4 nitrogen and oxygen atoms in total. The van der Waals surface area contributed by atoms with Crippen LogP contribution in [-0.2, 0) is 0 Å². The van der Waals surface area contributed by atoms with E-state index < -0.39 is 0 Å². The van der Waals surface area contributed by atoms with Crippen molar-refractivity contribution in [1.82, 2.24) is 9.80 Å². The maximum atomic E-state index is 8.75. The predicted molar refractivity (Wildman–Crippen MR) is 84.4 cm³/mol. The first kappa shape index (κ1) is 15.8. The van der Waals surface area contributed by atoms with Crippen molar-refractivity contribution < 1.29 is 4.74 Å². The molecule has 1 aromatic carbocycles. The van der Waals surface area contributed by atoms with Crippen molar-refractivity contribution in [2.75, 3.05) is 39.8 Å². The van der Waals surface area contributed by atoms with Gasteiger partial charge in [-0.25, -0.2) is 0 Å². The van der Waals surface area contributed by atoms with E-state index in [0.717, 1.165) is 45.0 Å². The number of hydrogen-bond donors (Lipinski definition) is 0. The fourth-order valence-corrected chi connectivity index (χ4v) is 2.64. The molecule has 1 aliphatic rings. The summed E-state index contributed by atoms with van der Waals surface area (Å²) >= 11 is 0. The predicted octanol–water partition coefficient (Wildman–Crippen LogP) is 2.35. The molecular weight excluding hydrogens is 262 g/mol. The Kier molecular flexibility index (Phi) is 5.22. The van der Waals surface area contributed by atoms with E-state index >= 15 is 0 Å². The molecule has 0 N–H and O–H groups in total. The molecule has 4 heteroatoms. The van der Waals surface area contributed by atoms with Gasteiger partial charge in [0.05, 0.1) is 18.2 Å². The number of rotatable bonds is 5. The molecule has 21 heavy (non-hydrogen) atoms. The Morgan fingerprint density at radius 2 is 1.95 bits per heavy atom. The van der Waals surface area contributed by atoms with Crippen LogP contribution in [0.1, 0.15) is 25.8 Å². The largest absolute Gasteiger partial charge is 0.494 e. The van der Waals surface area contributed by atoms with Gasteiger partial charge in [-0.1, -0.05) is 0 Å². The van der Waals surface area contributed by atoms with E-state index in [0.29, 0.717) is 5.56 Å². The molecule has 0 aliphatic carbocycles. The van der Waals surface area contributed by atoms with Gasteiger partial charge < -0.3 is 9.64 Å². The molecule has 0 spiro atoms. The number of ether oxygens (including phenoxy) is 1. The van der Waals surface area contributed by atoms with Crippen LogP contribution in [0.25, 0.3) is 0 Å². The van der Waals surface area contributed by atoms with Crippen LogP contribution in [-0.4, -0.2) is 55.2 Å². The smallest absolute Gasteiger partial charge is 0.119 e. The lowest BCUT2D eigenvalue weighted by Gasteiger charge is -2.45. The van der Waals surface area contributed by atoms with Crippen LogP contribution in [0.3, 0.4) is 0 Å². The maximum absolute atomic E-state index is 8.75. The molecular formula is C17H25N3O. The van der Waals surface area contributed by atoms with Crippen LogP contribution in [0.2, 0.25) is 0 Å². The highest BCUT2D eigenvalue weighted by Gasteiger charge is 2.30. The summed E-state index contributed by atoms with van der Waals surface area (Å²) < 4.78 is 5.72. The van der Waals surface area contributed by atoms with Crippen molar-refractivity contribution in [1.29, 1.82) is 5.26 Å². The van der Waals surface area contributed by atoms with Crippen LogP contribution in [0.15, 0.2) is 24.3 Å². The average molecular weight is 287 g/mol. The quantitative estimate of drug-likeness (QED) is 0.779. The van der Waals surface area contributed by atoms with Gasteiger partial charge in [-0.3, -0.25) is 4.90 Å². The molecule has 2 rings (SSSR count). The lowest BCUT2D eigenvalue weighted by Crippen LogP contribution is -2.57. The van der Waals surface area contributed by atoms with Gasteiger partial charge in [0.25, 0.3) is 0 Å². The summed E-state index contributed by atoms with van der Waals surface area (Å²) in [6.45, 7) is 9.77. The van der Waals surface area contributed by atoms with Gasteiger partial charge in [-0.05, 0) is 51.6 Å². The first-order valence-electron chi connectivity index (χ1n) is 7.58. The highest BCUT2D eigenvalue weighted by Crippen LogP contribution is 2.19. The van der Waals surface area contributed by atoms with Crippen LogP contribution in [0, 0.1) is 11.3 Å². The first-order chi connectivity index (χ1) is 10.0. The molecule has 0 atom stereocenters. The molecule has 0 unspecified atom stereocenters. The van der Waals surface area contributed by atoms with Gasteiger partial charge in [0.15, 0.2) is 0 Å². The molecule has 114 valence electrons. The molecule has 0 aromatic heterocycles. The van der Waals surface area contributed by atoms with Crippen molar-refractivity contribution >= 4 is 0 Å². The third-order valence-electron chi connectivity index (χ3n) is 4.27. The standard InChI is InChI=1S/C17H25N3O/c1-17(2)14-20(11-10-19(17)3)9-4-12-21-16-7-5-15(13-18)6-8-16/h5-8H,4,9-12,14H2,1-3H3. The topological polar surface area (TPSA) is 39.5 Å². The lowest BCUT2D eigenvalue weighted by atomic mass is 10.00. The fourth-order valence-electron chi connectivity index (χ4n) is 2.64. The van der Waals surface area contributed by atoms with Gasteiger partial charge in [-0.15, -0.1) is 0 Å². The van der Waals surface area contributed by atoms with Crippen molar-refractivity contribution in [2.24, 2.45) is 0 Å². The Labute approximate surface area is 127 Å². The van der Waals surface area contributed by atoms with E-state index in [-0.39, 0.29) is 5.54 Å². The summed E-state index contributed by atoms with van der Waals surface area (Å²) in [4.78, 5) is 4.94. The Morgan fingerprint density at radius 3 is 2.57 bits per heavy atom. The van der Waals surface area contributed by atoms with E-state index in [2.05, 4.69) is 36.8 Å². The zero-order valence-electron chi connectivity index (χ0n) is 13.3. The van der Waals surface area contributed by atoms with Crippen LogP contribution >= 0.6 is 0 Å². The third-order valence-corrected chi connectivity index (χ3v) is 4.27. The SMILES string of the molecule is CN1CCN(CCCOc2ccc(C#N)cc2)CC1(C)C. The molecule has 0 bridgehead atoms. The summed E-state index contributed by atoms with van der Waals surface area (Å²) in [5.74, 6) is 0.840. The summed E-state index contributed by atoms with van der Waals surface area (Å²) in [6.07, 6.45) is 1.03. The molecule has 0 saturated carbocycles. The zero-order valence-corrected chi connectivity index (χ0v) is 13.3. The van der Waals surface area contributed by atoms with Crippen molar-refractivity contribution in [3.05, 3.63) is 29.8 Å². The third kappa shape index (κ3) is 4.45. The minimum atomic E-state index is 0.256. The molecule has 0 radical (unpaired) electrons. The monoisotopic (exact) mass is 287 g/mol. The summed E-state index contributed by atoms with van der Waals surface area (Å²) in [5, 5.41) is 8.75. The van der Waals surface area contributed by atoms with Gasteiger partial charge >= 0.3 is 0 Å². The Hall–Kier alpha value is -1.57. The molecule has 1 aliphatic heterocycles. The second-order valence-electron chi connectivity index (χ2n) is 6.35. The summed E-state index contributed by atoms with van der Waals surface area (Å²) in [5.41, 5.74) is 0.925. The molecule has 0 amide bonds. The lowest BCUT2D eigenvalue weighted by molar-refractivity contribution is 0.0377. The minimum Gasteiger partial charge on any atom is -0.494 e. The van der Waals surface area contributed by atoms with Crippen molar-refractivity contribution in [3.8, 4) is 11.8 Å². The number of piperazine rings is 1. The maximum Gasteiger partial charge on any atom is 0.119 e. The van der Waals surface area contributed by atoms with Crippen molar-refractivity contribution in [2.45, 2.75) is 25.8 Å². The number of likely N-dealkylation sites (N-methyl/N-ethyl adjacent to an activating group) is 1. The van der Waals surface area contributed by atoms with Gasteiger partial charge in [0.2, 0.25) is 0 Å². The minimum absolute atomic E-state index is 0.256. The van der Waals surface area contributed by atoms with Gasteiger partial charge in [0, 0.05) is 31.7 Å². The number of nitrogens with zero attached hydrogens (tertiary/aromatic N) is 3. The average Bonchev–Trinajstić information content (AvgIpc) is 2.47. The number of hydrogen-bond acceptors (Lipinski definition) is 4. The van der Waals surface area contributed by atoms with Crippen LogP contribution in [0.5, 0.6) is 5.75 Å². The second-order valence-corrected chi connectivity index (χ2v) is 6.35. The van der Waals surface area contributed by atoms with Crippen molar-refractivity contribution in [3.63, 3.8) is 0 Å². The molecule has 1 fully saturated rings. The number of benzene rings is 1. The van der Waals surface area contributed by atoms with Crippen LogP contribution in [0.4, 0.5) is 0 Å². The van der Waals surface area contributed by atoms with E-state index in [1.165, 1.54) is 0 Å². The summed E-state index contributed by atoms with van der Waals surface area (Å²) in [7, 11) is 2.20.